The van der Waals surface area contributed by atoms with Crippen molar-refractivity contribution in [3.8, 4) is 11.5 Å². The number of rotatable bonds is 15. The third-order valence-electron chi connectivity index (χ3n) is 5.33. The van der Waals surface area contributed by atoms with Crippen molar-refractivity contribution in [1.82, 2.24) is 15.3 Å². The lowest BCUT2D eigenvalue weighted by Crippen LogP contribution is -2.26. The fraction of sp³-hybridized carbons (Fsp3) is 0.480. The Morgan fingerprint density at radius 1 is 1.03 bits per heavy atom. The van der Waals surface area contributed by atoms with Gasteiger partial charge in [-0.2, -0.15) is 0 Å². The van der Waals surface area contributed by atoms with Gasteiger partial charge >= 0.3 is 5.97 Å². The molecule has 9 heteroatoms. The molecule has 34 heavy (non-hydrogen) atoms. The Hall–Kier alpha value is -3.49. The van der Waals surface area contributed by atoms with E-state index in [1.165, 1.54) is 25.4 Å². The normalized spacial score (nSPS) is 10.6. The molecule has 0 saturated carbocycles. The molecule has 0 bridgehead atoms. The van der Waals surface area contributed by atoms with E-state index in [1.54, 1.807) is 6.07 Å². The zero-order valence-corrected chi connectivity index (χ0v) is 19.8. The van der Waals surface area contributed by atoms with Crippen LogP contribution in [0.2, 0.25) is 0 Å². The Labute approximate surface area is 199 Å². The van der Waals surface area contributed by atoms with Crippen molar-refractivity contribution in [3.63, 3.8) is 0 Å². The lowest BCUT2D eigenvalue weighted by Gasteiger charge is -2.13. The molecule has 0 unspecified atom stereocenters. The molecule has 0 spiro atoms. The number of phenols is 1. The number of aromatic hydroxyl groups is 1. The second-order valence-corrected chi connectivity index (χ2v) is 8.09. The molecule has 0 radical (unpaired) electrons. The molecule has 2 rings (SSSR count). The summed E-state index contributed by atoms with van der Waals surface area (Å²) in [5.74, 6) is -0.980. The van der Waals surface area contributed by atoms with Crippen LogP contribution in [-0.2, 0) is 17.8 Å². The van der Waals surface area contributed by atoms with E-state index in [-0.39, 0.29) is 41.7 Å². The third-order valence-corrected chi connectivity index (χ3v) is 5.33. The molecule has 0 aliphatic carbocycles. The Morgan fingerprint density at radius 2 is 1.74 bits per heavy atom. The Balaban J connectivity index is 1.80. The van der Waals surface area contributed by atoms with Crippen molar-refractivity contribution in [2.45, 2.75) is 71.8 Å². The first-order chi connectivity index (χ1) is 16.3. The number of aliphatic carboxylic acids is 1. The van der Waals surface area contributed by atoms with E-state index < -0.39 is 5.97 Å². The molecular formula is C25H33N3O6. The van der Waals surface area contributed by atoms with Gasteiger partial charge in [0.2, 0.25) is 0 Å². The Kier molecular flexibility index (Phi) is 11.0. The lowest BCUT2D eigenvalue weighted by atomic mass is 10.0. The van der Waals surface area contributed by atoms with Gasteiger partial charge in [-0.3, -0.25) is 19.4 Å². The first-order valence-corrected chi connectivity index (χ1v) is 11.6. The Morgan fingerprint density at radius 3 is 2.41 bits per heavy atom. The van der Waals surface area contributed by atoms with Gasteiger partial charge in [0.25, 0.3) is 5.91 Å². The summed E-state index contributed by atoms with van der Waals surface area (Å²) in [4.78, 5) is 42.9. The minimum absolute atomic E-state index is 0.0574. The number of ketones is 1. The van der Waals surface area contributed by atoms with Gasteiger partial charge in [0.05, 0.1) is 23.7 Å². The second-order valence-electron chi connectivity index (χ2n) is 8.09. The fourth-order valence-corrected chi connectivity index (χ4v) is 3.44. The zero-order valence-electron chi connectivity index (χ0n) is 19.8. The van der Waals surface area contributed by atoms with Crippen molar-refractivity contribution in [2.75, 3.05) is 6.54 Å². The number of hydrogen-bond acceptors (Lipinski definition) is 7. The van der Waals surface area contributed by atoms with E-state index in [0.717, 1.165) is 37.7 Å². The molecule has 184 valence electrons. The zero-order chi connectivity index (χ0) is 24.9. The molecule has 0 atom stereocenters. The van der Waals surface area contributed by atoms with Gasteiger partial charge in [0.15, 0.2) is 5.78 Å². The highest BCUT2D eigenvalue weighted by molar-refractivity contribution is 5.97. The minimum Gasteiger partial charge on any atom is -0.507 e. The molecule has 9 nitrogen and oxygen atoms in total. The minimum atomic E-state index is -0.755. The number of carbonyl (C=O) groups excluding carboxylic acids is 2. The van der Waals surface area contributed by atoms with E-state index >= 15 is 0 Å². The SMILES string of the molecule is CCc1cc(C(C)=O)c(O)cc1OCc1cncc(C(=O)NCCCCCCCCC(=O)O)n1. The van der Waals surface area contributed by atoms with Gasteiger partial charge in [-0.25, -0.2) is 4.98 Å². The largest absolute Gasteiger partial charge is 0.507 e. The van der Waals surface area contributed by atoms with Crippen LogP contribution < -0.4 is 10.1 Å². The van der Waals surface area contributed by atoms with E-state index in [9.17, 15) is 19.5 Å². The molecule has 1 amide bonds. The summed E-state index contributed by atoms with van der Waals surface area (Å²) >= 11 is 0. The molecule has 0 saturated heterocycles. The monoisotopic (exact) mass is 471 g/mol. The van der Waals surface area contributed by atoms with Crippen molar-refractivity contribution < 1.29 is 29.3 Å². The number of amides is 1. The number of nitrogens with zero attached hydrogens (tertiary/aromatic N) is 2. The molecule has 3 N–H and O–H groups in total. The van der Waals surface area contributed by atoms with E-state index in [0.29, 0.717) is 30.8 Å². The maximum absolute atomic E-state index is 12.4. The highest BCUT2D eigenvalue weighted by Crippen LogP contribution is 2.29. The van der Waals surface area contributed by atoms with E-state index in [2.05, 4.69) is 15.3 Å². The van der Waals surface area contributed by atoms with Crippen LogP contribution in [0.3, 0.4) is 0 Å². The summed E-state index contributed by atoms with van der Waals surface area (Å²) in [5.41, 5.74) is 1.69. The maximum atomic E-state index is 12.4. The summed E-state index contributed by atoms with van der Waals surface area (Å²) in [5, 5.41) is 21.5. The molecule has 0 fully saturated rings. The summed E-state index contributed by atoms with van der Waals surface area (Å²) in [7, 11) is 0. The topological polar surface area (TPSA) is 139 Å². The average molecular weight is 472 g/mol. The van der Waals surface area contributed by atoms with Gasteiger partial charge in [-0.15, -0.1) is 0 Å². The molecule has 1 aromatic heterocycles. The predicted molar refractivity (Wildman–Crippen MR) is 126 cm³/mol. The van der Waals surface area contributed by atoms with E-state index in [1.807, 2.05) is 6.92 Å². The van der Waals surface area contributed by atoms with Crippen LogP contribution in [0.1, 0.15) is 90.9 Å². The number of ether oxygens (including phenoxy) is 1. The fourth-order valence-electron chi connectivity index (χ4n) is 3.44. The van der Waals surface area contributed by atoms with Gasteiger partial charge < -0.3 is 20.3 Å². The van der Waals surface area contributed by atoms with Crippen LogP contribution in [0.4, 0.5) is 0 Å². The lowest BCUT2D eigenvalue weighted by molar-refractivity contribution is -0.137. The van der Waals surface area contributed by atoms with Gasteiger partial charge in [0, 0.05) is 19.0 Å². The number of aryl methyl sites for hydroxylation is 1. The third kappa shape index (κ3) is 8.80. The predicted octanol–water partition coefficient (Wildman–Crippen LogP) is 4.07. The molecule has 1 aromatic carbocycles. The van der Waals surface area contributed by atoms with Crippen LogP contribution in [0.15, 0.2) is 24.5 Å². The number of Topliss-reactive ketones (excluding diaryl/α,β-unsaturated/α-hetero) is 1. The van der Waals surface area contributed by atoms with Crippen molar-refractivity contribution >= 4 is 17.7 Å². The number of nitrogens with one attached hydrogen (secondary N) is 1. The van der Waals surface area contributed by atoms with Crippen LogP contribution >= 0.6 is 0 Å². The summed E-state index contributed by atoms with van der Waals surface area (Å²) in [6, 6.07) is 3.05. The molecular weight excluding hydrogens is 438 g/mol. The molecule has 0 aliphatic rings. The van der Waals surface area contributed by atoms with Gasteiger partial charge in [-0.1, -0.05) is 32.6 Å². The van der Waals surface area contributed by atoms with Crippen molar-refractivity contribution in [2.24, 2.45) is 0 Å². The summed E-state index contributed by atoms with van der Waals surface area (Å²) < 4.78 is 5.79. The summed E-state index contributed by atoms with van der Waals surface area (Å²) in [6.45, 7) is 3.90. The summed E-state index contributed by atoms with van der Waals surface area (Å²) in [6.07, 6.45) is 9.14. The number of phenolic OH excluding ortho intramolecular Hbond substituents is 1. The number of benzene rings is 1. The van der Waals surface area contributed by atoms with Gasteiger partial charge in [0.1, 0.15) is 23.8 Å². The first-order valence-electron chi connectivity index (χ1n) is 11.6. The smallest absolute Gasteiger partial charge is 0.303 e. The van der Waals surface area contributed by atoms with Crippen molar-refractivity contribution in [3.05, 3.63) is 47.0 Å². The second kappa shape index (κ2) is 13.9. The first kappa shape index (κ1) is 26.8. The quantitative estimate of drug-likeness (QED) is 0.261. The highest BCUT2D eigenvalue weighted by atomic mass is 16.5. The number of hydrogen-bond donors (Lipinski definition) is 3. The molecule has 2 aromatic rings. The number of unbranched alkanes of at least 4 members (excludes halogenated alkanes) is 5. The standard InChI is InChI=1S/C25H33N3O6/c1-3-18-12-20(17(2)29)22(30)13-23(18)34-16-19-14-26-15-21(28-19)25(33)27-11-9-7-5-4-6-8-10-24(31)32/h12-15,30H,3-11,16H2,1-2H3,(H,27,33)(H,31,32). The van der Waals surface area contributed by atoms with Crippen LogP contribution in [0.25, 0.3) is 0 Å². The number of carbonyl (C=O) groups is 3. The maximum Gasteiger partial charge on any atom is 0.303 e. The molecule has 0 aliphatic heterocycles. The Bertz CT molecular complexity index is 993. The number of carboxylic acids is 1. The van der Waals surface area contributed by atoms with Gasteiger partial charge in [-0.05, 0) is 37.8 Å². The average Bonchev–Trinajstić information content (AvgIpc) is 2.81. The van der Waals surface area contributed by atoms with Crippen LogP contribution in [0.5, 0.6) is 11.5 Å². The molecule has 1 heterocycles. The van der Waals surface area contributed by atoms with E-state index in [4.69, 9.17) is 9.84 Å². The van der Waals surface area contributed by atoms with Crippen LogP contribution in [-0.4, -0.2) is 44.4 Å². The number of aromatic nitrogens is 2. The number of carboxylic acid groups (broad SMARTS) is 1. The highest BCUT2D eigenvalue weighted by Gasteiger charge is 2.14. The van der Waals surface area contributed by atoms with Crippen LogP contribution in [0, 0.1) is 0 Å². The van der Waals surface area contributed by atoms with Crippen molar-refractivity contribution in [1.29, 1.82) is 0 Å².